The number of nitrogens with zero attached hydrogens (tertiary/aromatic N) is 3. The highest BCUT2D eigenvalue weighted by Gasteiger charge is 2.24. The molecule has 0 bridgehead atoms. The van der Waals surface area contributed by atoms with Gasteiger partial charge in [-0.3, -0.25) is 0 Å². The monoisotopic (exact) mass is 292 g/mol. The minimum absolute atomic E-state index is 0.327. The van der Waals surface area contributed by atoms with Crippen molar-refractivity contribution in [1.82, 2.24) is 19.7 Å². The van der Waals surface area contributed by atoms with E-state index in [1.54, 1.807) is 0 Å². The van der Waals surface area contributed by atoms with E-state index in [0.717, 1.165) is 23.7 Å². The number of benzene rings is 1. The van der Waals surface area contributed by atoms with Crippen LogP contribution < -0.4 is 5.32 Å². The summed E-state index contributed by atoms with van der Waals surface area (Å²) in [6.45, 7) is 7.25. The third-order valence-corrected chi connectivity index (χ3v) is 4.44. The molecular formula is C18H20N4. The van der Waals surface area contributed by atoms with Crippen molar-refractivity contribution < 1.29 is 0 Å². The lowest BCUT2D eigenvalue weighted by Gasteiger charge is -2.14. The van der Waals surface area contributed by atoms with Crippen molar-refractivity contribution in [2.24, 2.45) is 0 Å². The summed E-state index contributed by atoms with van der Waals surface area (Å²) in [5.74, 6) is 1.15. The van der Waals surface area contributed by atoms with Crippen LogP contribution in [0.2, 0.25) is 0 Å². The van der Waals surface area contributed by atoms with Crippen LogP contribution in [0.25, 0.3) is 11.5 Å². The average molecular weight is 292 g/mol. The van der Waals surface area contributed by atoms with Crippen molar-refractivity contribution in [3.63, 3.8) is 0 Å². The molecule has 0 radical (unpaired) electrons. The van der Waals surface area contributed by atoms with Gasteiger partial charge < -0.3 is 9.88 Å². The van der Waals surface area contributed by atoms with Gasteiger partial charge in [0.05, 0.1) is 11.4 Å². The molecule has 1 aliphatic rings. The van der Waals surface area contributed by atoms with Crippen LogP contribution in [0.1, 0.15) is 35.5 Å². The normalized spacial score (nSPS) is 17.0. The number of hydrogen-bond donors (Lipinski definition) is 1. The second-order valence-corrected chi connectivity index (χ2v) is 6.04. The van der Waals surface area contributed by atoms with Gasteiger partial charge in [-0.25, -0.2) is 4.68 Å². The first-order chi connectivity index (χ1) is 10.6. The second-order valence-electron chi connectivity index (χ2n) is 6.04. The Kier molecular flexibility index (Phi) is 2.94. The van der Waals surface area contributed by atoms with E-state index in [2.05, 4.69) is 77.9 Å². The lowest BCUT2D eigenvalue weighted by molar-refractivity contribution is 0.566. The molecule has 4 nitrogen and oxygen atoms in total. The van der Waals surface area contributed by atoms with Crippen molar-refractivity contribution in [2.45, 2.75) is 33.4 Å². The summed E-state index contributed by atoms with van der Waals surface area (Å²) >= 11 is 0. The number of nitrogens with one attached hydrogen (secondary N) is 1. The second kappa shape index (κ2) is 4.85. The summed E-state index contributed by atoms with van der Waals surface area (Å²) in [4.78, 5) is 0. The smallest absolute Gasteiger partial charge is 0.145 e. The Hall–Kier alpha value is -2.33. The van der Waals surface area contributed by atoms with Crippen molar-refractivity contribution in [1.29, 1.82) is 0 Å². The fourth-order valence-corrected chi connectivity index (χ4v) is 3.24. The van der Waals surface area contributed by atoms with E-state index in [1.165, 1.54) is 16.8 Å². The molecule has 0 saturated carbocycles. The molecule has 4 rings (SSSR count). The Morgan fingerprint density at radius 2 is 2.05 bits per heavy atom. The minimum Gasteiger partial charge on any atom is -0.305 e. The highest BCUT2D eigenvalue weighted by Crippen LogP contribution is 2.29. The zero-order valence-electron chi connectivity index (χ0n) is 13.2. The van der Waals surface area contributed by atoms with Gasteiger partial charge >= 0.3 is 0 Å². The van der Waals surface area contributed by atoms with Crippen LogP contribution in [0, 0.1) is 13.8 Å². The van der Waals surface area contributed by atoms with Gasteiger partial charge in [0.2, 0.25) is 0 Å². The van der Waals surface area contributed by atoms with Crippen LogP contribution >= 0.6 is 0 Å². The van der Waals surface area contributed by atoms with Crippen molar-refractivity contribution >= 4 is 0 Å². The molecule has 0 spiro atoms. The minimum atomic E-state index is 0.327. The third kappa shape index (κ3) is 1.91. The molecule has 112 valence electrons. The van der Waals surface area contributed by atoms with E-state index in [9.17, 15) is 0 Å². The summed E-state index contributed by atoms with van der Waals surface area (Å²) in [7, 11) is 0. The Morgan fingerprint density at radius 1 is 1.18 bits per heavy atom. The van der Waals surface area contributed by atoms with Gasteiger partial charge in [0, 0.05) is 30.0 Å². The molecule has 0 saturated heterocycles. The van der Waals surface area contributed by atoms with E-state index in [-0.39, 0.29) is 0 Å². The van der Waals surface area contributed by atoms with E-state index in [0.29, 0.717) is 6.04 Å². The summed E-state index contributed by atoms with van der Waals surface area (Å²) in [6.07, 6.45) is 2.13. The number of aromatic nitrogens is 3. The highest BCUT2D eigenvalue weighted by atomic mass is 15.4. The molecule has 1 unspecified atom stereocenters. The summed E-state index contributed by atoms with van der Waals surface area (Å²) in [5.41, 5.74) is 5.97. The topological polar surface area (TPSA) is 34.8 Å². The lowest BCUT2D eigenvalue weighted by atomic mass is 10.2. The molecule has 1 N–H and O–H groups in total. The van der Waals surface area contributed by atoms with Gasteiger partial charge in [-0.2, -0.15) is 5.10 Å². The first-order valence-electron chi connectivity index (χ1n) is 7.71. The Balaban J connectivity index is 2.01. The molecule has 1 aliphatic heterocycles. The predicted molar refractivity (Wildman–Crippen MR) is 87.6 cm³/mol. The Morgan fingerprint density at radius 3 is 2.86 bits per heavy atom. The molecule has 0 amide bonds. The first-order valence-corrected chi connectivity index (χ1v) is 7.71. The quantitative estimate of drug-likeness (QED) is 0.745. The molecule has 3 aromatic rings. The van der Waals surface area contributed by atoms with Crippen LogP contribution in [0.3, 0.4) is 0 Å². The van der Waals surface area contributed by atoms with Gasteiger partial charge in [0.25, 0.3) is 0 Å². The Bertz CT molecular complexity index is 841. The van der Waals surface area contributed by atoms with Gasteiger partial charge in [0.1, 0.15) is 5.82 Å². The summed E-state index contributed by atoms with van der Waals surface area (Å²) in [6, 6.07) is 13.1. The number of rotatable bonds is 1. The van der Waals surface area contributed by atoms with Crippen LogP contribution in [-0.4, -0.2) is 14.3 Å². The maximum Gasteiger partial charge on any atom is 0.145 e. The molecule has 22 heavy (non-hydrogen) atoms. The molecule has 1 aromatic carbocycles. The van der Waals surface area contributed by atoms with Crippen LogP contribution in [-0.2, 0) is 6.54 Å². The molecule has 3 heterocycles. The fourth-order valence-electron chi connectivity index (χ4n) is 3.24. The highest BCUT2D eigenvalue weighted by molar-refractivity contribution is 5.49. The van der Waals surface area contributed by atoms with Gasteiger partial charge in [-0.1, -0.05) is 12.1 Å². The number of hydrogen-bond acceptors (Lipinski definition) is 2. The van der Waals surface area contributed by atoms with Gasteiger partial charge in [-0.15, -0.1) is 0 Å². The van der Waals surface area contributed by atoms with E-state index in [4.69, 9.17) is 5.10 Å². The summed E-state index contributed by atoms with van der Waals surface area (Å²) < 4.78 is 4.34. The van der Waals surface area contributed by atoms with Gasteiger partial charge in [0.15, 0.2) is 0 Å². The molecule has 4 heteroatoms. The SMILES string of the molecule is Cc1cccc(-n2nc(C)c3c2-n2cccc2C(C)NC3)c1. The van der Waals surface area contributed by atoms with E-state index in [1.807, 2.05) is 0 Å². The predicted octanol–water partition coefficient (Wildman–Crippen LogP) is 3.44. The van der Waals surface area contributed by atoms with Crippen molar-refractivity contribution in [3.8, 4) is 11.5 Å². The molecule has 0 aliphatic carbocycles. The summed E-state index contributed by atoms with van der Waals surface area (Å²) in [5, 5.41) is 8.39. The lowest BCUT2D eigenvalue weighted by Crippen LogP contribution is -2.17. The van der Waals surface area contributed by atoms with Crippen molar-refractivity contribution in [3.05, 3.63) is 65.1 Å². The number of fused-ring (bicyclic) bond motifs is 3. The molecular weight excluding hydrogens is 272 g/mol. The third-order valence-electron chi connectivity index (χ3n) is 4.44. The van der Waals surface area contributed by atoms with Crippen LogP contribution in [0.5, 0.6) is 0 Å². The standard InChI is InChI=1S/C18H20N4/c1-12-6-4-7-15(10-12)22-18-16(13(2)20-22)11-19-14(3)17-8-5-9-21(17)18/h4-10,14,19H,11H2,1-3H3. The van der Waals surface area contributed by atoms with Crippen LogP contribution in [0.4, 0.5) is 0 Å². The maximum absolute atomic E-state index is 4.80. The number of aryl methyl sites for hydroxylation is 2. The fraction of sp³-hybridized carbons (Fsp3) is 0.278. The van der Waals surface area contributed by atoms with E-state index >= 15 is 0 Å². The zero-order chi connectivity index (χ0) is 15.3. The van der Waals surface area contributed by atoms with Crippen LogP contribution in [0.15, 0.2) is 42.6 Å². The van der Waals surface area contributed by atoms with E-state index < -0.39 is 0 Å². The zero-order valence-corrected chi connectivity index (χ0v) is 13.2. The molecule has 2 aromatic heterocycles. The molecule has 0 fully saturated rings. The van der Waals surface area contributed by atoms with Crippen molar-refractivity contribution in [2.75, 3.05) is 0 Å². The average Bonchev–Trinajstić information content (AvgIpc) is 3.06. The maximum atomic E-state index is 4.80. The Labute approximate surface area is 130 Å². The van der Waals surface area contributed by atoms with Gasteiger partial charge in [-0.05, 0) is 50.6 Å². The first kappa shape index (κ1) is 13.3. The largest absolute Gasteiger partial charge is 0.305 e. The molecule has 1 atom stereocenters.